The Morgan fingerprint density at radius 2 is 1.79 bits per heavy atom. The Morgan fingerprint density at radius 3 is 2.45 bits per heavy atom. The van der Waals surface area contributed by atoms with Gasteiger partial charge in [0.2, 0.25) is 0 Å². The summed E-state index contributed by atoms with van der Waals surface area (Å²) in [5.41, 5.74) is -3.17. The molecule has 0 aromatic heterocycles. The van der Waals surface area contributed by atoms with Gasteiger partial charge in [0.25, 0.3) is 0 Å². The lowest BCUT2D eigenvalue weighted by Crippen LogP contribution is -2.61. The zero-order valence-electron chi connectivity index (χ0n) is 17.4. The predicted octanol–water partition coefficient (Wildman–Crippen LogP) is 3.72. The number of alkyl halides is 6. The van der Waals surface area contributed by atoms with E-state index in [0.717, 1.165) is 6.07 Å². The Kier molecular flexibility index (Phi) is 6.34. The first kappa shape index (κ1) is 23.8. The second-order valence-electron chi connectivity index (χ2n) is 8.58. The SMILES string of the molecule is O=C1CO[C@H]2CCN(C(=O)N3CC(OCc4ccc(C(F)(F)F)cc4C(F)(F)F)C3)C[C@H]2C1. The van der Waals surface area contributed by atoms with Gasteiger partial charge in [-0.3, -0.25) is 4.79 Å². The number of nitrogens with zero attached hydrogens (tertiary/aromatic N) is 2. The Bertz CT molecular complexity index is 913. The molecule has 0 aliphatic carbocycles. The summed E-state index contributed by atoms with van der Waals surface area (Å²) in [5, 5.41) is 0. The molecule has 0 spiro atoms. The highest BCUT2D eigenvalue weighted by atomic mass is 19.4. The smallest absolute Gasteiger partial charge is 0.370 e. The van der Waals surface area contributed by atoms with Gasteiger partial charge in [-0.2, -0.15) is 26.3 Å². The van der Waals surface area contributed by atoms with E-state index in [2.05, 4.69) is 0 Å². The number of rotatable bonds is 3. The van der Waals surface area contributed by atoms with Crippen LogP contribution in [0.15, 0.2) is 18.2 Å². The molecule has 3 aliphatic rings. The minimum Gasteiger partial charge on any atom is -0.370 e. The standard InChI is InChI=1S/C21H22F6N2O4/c22-20(23,24)14-2-1-12(17(6-14)21(25,26)27)10-32-16-8-29(9-16)19(31)28-4-3-18-13(7-28)5-15(30)11-33-18/h1-2,6,13,16,18H,3-5,7-11H2/t13-,18+/m1/s1. The summed E-state index contributed by atoms with van der Waals surface area (Å²) in [7, 11) is 0. The fourth-order valence-corrected chi connectivity index (χ4v) is 4.40. The Balaban J connectivity index is 1.30. The quantitative estimate of drug-likeness (QED) is 0.619. The highest BCUT2D eigenvalue weighted by Gasteiger charge is 2.41. The number of likely N-dealkylation sites (tertiary alicyclic amines) is 2. The molecule has 0 radical (unpaired) electrons. The highest BCUT2D eigenvalue weighted by Crippen LogP contribution is 2.38. The first-order chi connectivity index (χ1) is 15.4. The van der Waals surface area contributed by atoms with E-state index in [1.165, 1.54) is 4.90 Å². The molecule has 3 heterocycles. The molecule has 0 saturated carbocycles. The van der Waals surface area contributed by atoms with E-state index in [0.29, 0.717) is 32.0 Å². The van der Waals surface area contributed by atoms with Crippen molar-refractivity contribution in [3.63, 3.8) is 0 Å². The Hall–Kier alpha value is -2.34. The molecule has 3 aliphatic heterocycles. The number of piperidine rings is 1. The lowest BCUT2D eigenvalue weighted by molar-refractivity contribution is -0.144. The maximum absolute atomic E-state index is 13.2. The van der Waals surface area contributed by atoms with Gasteiger partial charge in [-0.15, -0.1) is 0 Å². The van der Waals surface area contributed by atoms with Crippen LogP contribution in [0.3, 0.4) is 0 Å². The topological polar surface area (TPSA) is 59.1 Å². The molecule has 1 aromatic carbocycles. The lowest BCUT2D eigenvalue weighted by Gasteiger charge is -2.45. The number of hydrogen-bond acceptors (Lipinski definition) is 4. The molecule has 0 bridgehead atoms. The second-order valence-corrected chi connectivity index (χ2v) is 8.58. The van der Waals surface area contributed by atoms with Gasteiger partial charge in [0.1, 0.15) is 6.61 Å². The van der Waals surface area contributed by atoms with Crippen molar-refractivity contribution < 1.29 is 45.4 Å². The summed E-state index contributed by atoms with van der Waals surface area (Å²) in [5.74, 6) is -0.0396. The Morgan fingerprint density at radius 1 is 1.06 bits per heavy atom. The number of carbonyl (C=O) groups is 2. The first-order valence-electron chi connectivity index (χ1n) is 10.5. The fraction of sp³-hybridized carbons (Fsp3) is 0.619. The molecule has 1 aromatic rings. The van der Waals surface area contributed by atoms with Crippen LogP contribution >= 0.6 is 0 Å². The minimum atomic E-state index is -4.96. The number of Topliss-reactive ketones (excluding diaryl/α,β-unsaturated/α-hetero) is 1. The predicted molar refractivity (Wildman–Crippen MR) is 101 cm³/mol. The molecule has 4 rings (SSSR count). The van der Waals surface area contributed by atoms with Crippen molar-refractivity contribution in [3.8, 4) is 0 Å². The molecule has 2 atom stereocenters. The molecular weight excluding hydrogens is 458 g/mol. The summed E-state index contributed by atoms with van der Waals surface area (Å²) in [6.07, 6.45) is -9.40. The van der Waals surface area contributed by atoms with Gasteiger partial charge >= 0.3 is 18.4 Å². The monoisotopic (exact) mass is 480 g/mol. The van der Waals surface area contributed by atoms with Crippen LogP contribution in [0.5, 0.6) is 0 Å². The van der Waals surface area contributed by atoms with Crippen LogP contribution in [0.1, 0.15) is 29.5 Å². The molecule has 2 amide bonds. The van der Waals surface area contributed by atoms with Gasteiger partial charge in [0.15, 0.2) is 5.78 Å². The first-order valence-corrected chi connectivity index (χ1v) is 10.5. The van der Waals surface area contributed by atoms with Crippen LogP contribution in [0, 0.1) is 5.92 Å². The number of benzene rings is 1. The van der Waals surface area contributed by atoms with Crippen LogP contribution in [0.25, 0.3) is 0 Å². The average molecular weight is 480 g/mol. The number of fused-ring (bicyclic) bond motifs is 1. The van der Waals surface area contributed by atoms with E-state index in [4.69, 9.17) is 9.47 Å². The van der Waals surface area contributed by atoms with E-state index in [9.17, 15) is 35.9 Å². The summed E-state index contributed by atoms with van der Waals surface area (Å²) >= 11 is 0. The van der Waals surface area contributed by atoms with Crippen LogP contribution < -0.4 is 0 Å². The van der Waals surface area contributed by atoms with E-state index >= 15 is 0 Å². The number of ether oxygens (including phenoxy) is 2. The number of ketones is 1. The van der Waals surface area contributed by atoms with Gasteiger partial charge in [0.05, 0.1) is 43.0 Å². The maximum atomic E-state index is 13.2. The average Bonchev–Trinajstić information content (AvgIpc) is 2.70. The van der Waals surface area contributed by atoms with Crippen molar-refractivity contribution in [1.29, 1.82) is 0 Å². The van der Waals surface area contributed by atoms with E-state index in [-0.39, 0.29) is 49.6 Å². The van der Waals surface area contributed by atoms with Crippen molar-refractivity contribution in [2.24, 2.45) is 5.92 Å². The van der Waals surface area contributed by atoms with Gasteiger partial charge in [-0.05, 0) is 24.1 Å². The number of halogens is 6. The number of urea groups is 1. The molecular formula is C21H22F6N2O4. The highest BCUT2D eigenvalue weighted by molar-refractivity contribution is 5.81. The third kappa shape index (κ3) is 5.26. The molecule has 0 unspecified atom stereocenters. The molecule has 182 valence electrons. The van der Waals surface area contributed by atoms with Crippen LogP contribution in [-0.4, -0.2) is 66.6 Å². The van der Waals surface area contributed by atoms with Crippen LogP contribution in [-0.2, 0) is 33.2 Å². The maximum Gasteiger partial charge on any atom is 0.416 e. The fourth-order valence-electron chi connectivity index (χ4n) is 4.40. The largest absolute Gasteiger partial charge is 0.416 e. The molecule has 3 saturated heterocycles. The zero-order valence-corrected chi connectivity index (χ0v) is 17.4. The van der Waals surface area contributed by atoms with Crippen molar-refractivity contribution in [2.75, 3.05) is 32.8 Å². The normalized spacial score (nSPS) is 24.5. The summed E-state index contributed by atoms with van der Waals surface area (Å²) < 4.78 is 89.0. The summed E-state index contributed by atoms with van der Waals surface area (Å²) in [6, 6.07) is 1.20. The van der Waals surface area contributed by atoms with Crippen molar-refractivity contribution >= 4 is 11.8 Å². The summed E-state index contributed by atoms with van der Waals surface area (Å²) in [4.78, 5) is 27.4. The third-order valence-electron chi connectivity index (χ3n) is 6.22. The molecule has 33 heavy (non-hydrogen) atoms. The van der Waals surface area contributed by atoms with E-state index in [1.54, 1.807) is 4.90 Å². The van der Waals surface area contributed by atoms with E-state index in [1.807, 2.05) is 0 Å². The van der Waals surface area contributed by atoms with Crippen molar-refractivity contribution in [2.45, 2.75) is 44.0 Å². The van der Waals surface area contributed by atoms with Gasteiger partial charge in [-0.1, -0.05) is 6.07 Å². The number of amides is 2. The zero-order chi connectivity index (χ0) is 24.0. The van der Waals surface area contributed by atoms with Gasteiger partial charge in [-0.25, -0.2) is 4.79 Å². The lowest BCUT2D eigenvalue weighted by atomic mass is 9.88. The Labute approximate surface area is 185 Å². The molecule has 6 nitrogen and oxygen atoms in total. The molecule has 3 fully saturated rings. The summed E-state index contributed by atoms with van der Waals surface area (Å²) in [6.45, 7) is 0.804. The minimum absolute atomic E-state index is 0.00413. The number of hydrogen-bond donors (Lipinski definition) is 0. The molecule has 0 N–H and O–H groups in total. The van der Waals surface area contributed by atoms with Crippen LogP contribution in [0.2, 0.25) is 0 Å². The second kappa shape index (κ2) is 8.79. The van der Waals surface area contributed by atoms with Gasteiger partial charge < -0.3 is 19.3 Å². The van der Waals surface area contributed by atoms with Crippen molar-refractivity contribution in [1.82, 2.24) is 9.80 Å². The third-order valence-corrected chi connectivity index (χ3v) is 6.22. The van der Waals surface area contributed by atoms with Crippen molar-refractivity contribution in [3.05, 3.63) is 34.9 Å². The van der Waals surface area contributed by atoms with Gasteiger partial charge in [0, 0.05) is 25.4 Å². The number of carbonyl (C=O) groups excluding carboxylic acids is 2. The van der Waals surface area contributed by atoms with Crippen LogP contribution in [0.4, 0.5) is 31.1 Å². The van der Waals surface area contributed by atoms with E-state index < -0.39 is 41.8 Å². The molecule has 12 heteroatoms.